The van der Waals surface area contributed by atoms with Crippen LogP contribution in [0.15, 0.2) is 85.3 Å². The molecule has 5 N–H and O–H groups in total. The van der Waals surface area contributed by atoms with Gasteiger partial charge in [-0.1, -0.05) is 30.7 Å². The van der Waals surface area contributed by atoms with Crippen LogP contribution in [0.1, 0.15) is 48.0 Å². The SMILES string of the molecule is CN(C)C(=O)c1ccc(-c2ccc(Nc3cncc(NC(=O)CCc4cccc(NC(=O)CCCCCN)c4)c3)nc2)cc1. The maximum Gasteiger partial charge on any atom is 0.253 e. The number of amides is 3. The minimum atomic E-state index is -0.140. The number of rotatable bonds is 14. The number of hydrogen-bond donors (Lipinski definition) is 4. The van der Waals surface area contributed by atoms with Crippen LogP contribution in [0.3, 0.4) is 0 Å². The molecule has 0 spiro atoms. The minimum Gasteiger partial charge on any atom is -0.345 e. The van der Waals surface area contributed by atoms with E-state index in [1.807, 2.05) is 48.5 Å². The minimum absolute atomic E-state index is 0.0201. The van der Waals surface area contributed by atoms with Gasteiger partial charge < -0.3 is 26.6 Å². The van der Waals surface area contributed by atoms with Crippen molar-refractivity contribution in [1.29, 1.82) is 0 Å². The van der Waals surface area contributed by atoms with Crippen LogP contribution in [0, 0.1) is 0 Å². The molecule has 10 heteroatoms. The largest absolute Gasteiger partial charge is 0.345 e. The molecule has 44 heavy (non-hydrogen) atoms. The maximum absolute atomic E-state index is 12.7. The average molecular weight is 594 g/mol. The lowest BCUT2D eigenvalue weighted by Crippen LogP contribution is -2.21. The number of aryl methyl sites for hydroxylation is 1. The third kappa shape index (κ3) is 9.74. The highest BCUT2D eigenvalue weighted by atomic mass is 16.2. The summed E-state index contributed by atoms with van der Waals surface area (Å²) in [6.07, 6.45) is 8.96. The molecular formula is C34H39N7O3. The monoisotopic (exact) mass is 593 g/mol. The summed E-state index contributed by atoms with van der Waals surface area (Å²) in [5.74, 6) is 0.423. The van der Waals surface area contributed by atoms with Crippen LogP contribution >= 0.6 is 0 Å². The van der Waals surface area contributed by atoms with Crippen molar-refractivity contribution in [3.63, 3.8) is 0 Å². The fraction of sp³-hybridized carbons (Fsp3) is 0.265. The number of hydrogen-bond acceptors (Lipinski definition) is 7. The Morgan fingerprint density at radius 2 is 1.48 bits per heavy atom. The average Bonchev–Trinajstić information content (AvgIpc) is 3.02. The number of anilines is 4. The standard InChI is InChI=1S/C34H39N7O3/c1-41(2)34(44)26-13-11-25(12-14-26)27-15-16-31(37-21-27)38-29-20-30(23-36-22-29)40-33(43)17-10-24-7-6-8-28(19-24)39-32(42)9-4-3-5-18-35/h6-8,11-16,19-23H,3-5,9-10,17-18,35H2,1-2H3,(H,37,38)(H,39,42)(H,40,43). The van der Waals surface area contributed by atoms with E-state index in [9.17, 15) is 14.4 Å². The summed E-state index contributed by atoms with van der Waals surface area (Å²) in [4.78, 5) is 47.3. The lowest BCUT2D eigenvalue weighted by Gasteiger charge is -2.11. The van der Waals surface area contributed by atoms with E-state index in [-0.39, 0.29) is 24.1 Å². The van der Waals surface area contributed by atoms with Gasteiger partial charge in [-0.25, -0.2) is 4.98 Å². The van der Waals surface area contributed by atoms with E-state index < -0.39 is 0 Å². The van der Waals surface area contributed by atoms with Gasteiger partial charge in [-0.2, -0.15) is 0 Å². The Morgan fingerprint density at radius 1 is 0.750 bits per heavy atom. The fourth-order valence-electron chi connectivity index (χ4n) is 4.54. The number of nitrogens with two attached hydrogens (primary N) is 1. The number of carbonyl (C=O) groups excluding carboxylic acids is 3. The Hall–Kier alpha value is -5.09. The zero-order chi connectivity index (χ0) is 31.3. The van der Waals surface area contributed by atoms with E-state index in [4.69, 9.17) is 5.73 Å². The first-order valence-corrected chi connectivity index (χ1v) is 14.7. The van der Waals surface area contributed by atoms with Crippen molar-refractivity contribution < 1.29 is 14.4 Å². The van der Waals surface area contributed by atoms with E-state index in [2.05, 4.69) is 25.9 Å². The fourth-order valence-corrected chi connectivity index (χ4v) is 4.54. The molecule has 4 rings (SSSR count). The Labute approximate surface area is 258 Å². The lowest BCUT2D eigenvalue weighted by atomic mass is 10.1. The van der Waals surface area contributed by atoms with Crippen LogP contribution in [0.5, 0.6) is 0 Å². The molecule has 4 aromatic rings. The van der Waals surface area contributed by atoms with Crippen LogP contribution in [0.4, 0.5) is 22.9 Å². The van der Waals surface area contributed by atoms with Gasteiger partial charge in [0.25, 0.3) is 5.91 Å². The van der Waals surface area contributed by atoms with Crippen LogP contribution in [0.2, 0.25) is 0 Å². The molecule has 0 bridgehead atoms. The van der Waals surface area contributed by atoms with Crippen LogP contribution in [0.25, 0.3) is 11.1 Å². The predicted octanol–water partition coefficient (Wildman–Crippen LogP) is 5.62. The summed E-state index contributed by atoms with van der Waals surface area (Å²) in [5.41, 5.74) is 10.9. The van der Waals surface area contributed by atoms with Gasteiger partial charge >= 0.3 is 0 Å². The molecule has 0 unspecified atom stereocenters. The second kappa shape index (κ2) is 15.9. The second-order valence-corrected chi connectivity index (χ2v) is 10.7. The number of benzene rings is 2. The first-order valence-electron chi connectivity index (χ1n) is 14.7. The van der Waals surface area contributed by atoms with Gasteiger partial charge in [0.1, 0.15) is 5.82 Å². The van der Waals surface area contributed by atoms with Crippen molar-refractivity contribution in [2.45, 2.75) is 38.5 Å². The quantitative estimate of drug-likeness (QED) is 0.139. The number of aromatic nitrogens is 2. The number of pyridine rings is 2. The van der Waals surface area contributed by atoms with Crippen molar-refractivity contribution in [2.24, 2.45) is 5.73 Å². The predicted molar refractivity (Wildman–Crippen MR) is 175 cm³/mol. The van der Waals surface area contributed by atoms with Crippen molar-refractivity contribution in [3.05, 3.63) is 96.4 Å². The Balaban J connectivity index is 1.26. The summed E-state index contributed by atoms with van der Waals surface area (Å²) < 4.78 is 0. The highest BCUT2D eigenvalue weighted by Crippen LogP contribution is 2.23. The molecule has 0 saturated heterocycles. The van der Waals surface area contributed by atoms with E-state index >= 15 is 0 Å². The maximum atomic E-state index is 12.7. The van der Waals surface area contributed by atoms with Crippen LogP contribution < -0.4 is 21.7 Å². The highest BCUT2D eigenvalue weighted by Gasteiger charge is 2.09. The molecule has 2 aromatic heterocycles. The number of unbranched alkanes of at least 4 members (excludes halogenated alkanes) is 2. The Kier molecular flexibility index (Phi) is 11.5. The highest BCUT2D eigenvalue weighted by molar-refractivity contribution is 5.94. The molecule has 0 aliphatic carbocycles. The van der Waals surface area contributed by atoms with Gasteiger partial charge in [0.15, 0.2) is 0 Å². The topological polar surface area (TPSA) is 142 Å². The molecular weight excluding hydrogens is 554 g/mol. The molecule has 228 valence electrons. The van der Waals surface area contributed by atoms with Crippen LogP contribution in [-0.4, -0.2) is 53.2 Å². The zero-order valence-electron chi connectivity index (χ0n) is 25.2. The molecule has 0 aliphatic heterocycles. The molecule has 0 aliphatic rings. The third-order valence-electron chi connectivity index (χ3n) is 6.89. The molecule has 0 radical (unpaired) electrons. The van der Waals surface area contributed by atoms with Gasteiger partial charge in [-0.3, -0.25) is 19.4 Å². The molecule has 0 fully saturated rings. The summed E-state index contributed by atoms with van der Waals surface area (Å²) in [6, 6.07) is 20.6. The van der Waals surface area contributed by atoms with Gasteiger partial charge in [0.05, 0.1) is 23.8 Å². The number of carbonyl (C=O) groups is 3. The van der Waals surface area contributed by atoms with Crippen molar-refractivity contribution in [1.82, 2.24) is 14.9 Å². The molecule has 0 atom stereocenters. The van der Waals surface area contributed by atoms with Gasteiger partial charge in [0, 0.05) is 49.9 Å². The second-order valence-electron chi connectivity index (χ2n) is 10.7. The van der Waals surface area contributed by atoms with E-state index in [1.165, 1.54) is 0 Å². The first kappa shape index (κ1) is 31.8. The third-order valence-corrected chi connectivity index (χ3v) is 6.89. The molecule has 0 saturated carbocycles. The van der Waals surface area contributed by atoms with E-state index in [0.29, 0.717) is 42.1 Å². The van der Waals surface area contributed by atoms with E-state index in [0.717, 1.165) is 41.6 Å². The van der Waals surface area contributed by atoms with Gasteiger partial charge in [0.2, 0.25) is 11.8 Å². The van der Waals surface area contributed by atoms with E-state index in [1.54, 1.807) is 55.8 Å². The zero-order valence-corrected chi connectivity index (χ0v) is 25.2. The molecule has 2 aromatic carbocycles. The summed E-state index contributed by atoms with van der Waals surface area (Å²) >= 11 is 0. The molecule has 3 amide bonds. The molecule has 10 nitrogen and oxygen atoms in total. The molecule has 2 heterocycles. The lowest BCUT2D eigenvalue weighted by molar-refractivity contribution is -0.117. The van der Waals surface area contributed by atoms with Crippen molar-refractivity contribution >= 4 is 40.6 Å². The number of nitrogens with zero attached hydrogens (tertiary/aromatic N) is 3. The van der Waals surface area contributed by atoms with Crippen molar-refractivity contribution in [2.75, 3.05) is 36.6 Å². The van der Waals surface area contributed by atoms with Gasteiger partial charge in [-0.05, 0) is 79.4 Å². The Morgan fingerprint density at radius 3 is 2.20 bits per heavy atom. The summed E-state index contributed by atoms with van der Waals surface area (Å²) in [7, 11) is 3.45. The number of nitrogens with one attached hydrogen (secondary N) is 3. The summed E-state index contributed by atoms with van der Waals surface area (Å²) in [6.45, 7) is 0.642. The van der Waals surface area contributed by atoms with Gasteiger partial charge in [-0.15, -0.1) is 0 Å². The first-order chi connectivity index (χ1) is 21.3. The van der Waals surface area contributed by atoms with Crippen LogP contribution in [-0.2, 0) is 16.0 Å². The smallest absolute Gasteiger partial charge is 0.253 e. The summed E-state index contributed by atoms with van der Waals surface area (Å²) in [5, 5.41) is 9.05. The Bertz CT molecular complexity index is 1550. The normalized spacial score (nSPS) is 10.6. The van der Waals surface area contributed by atoms with Crippen molar-refractivity contribution in [3.8, 4) is 11.1 Å².